The molecule has 0 unspecified atom stereocenters. The predicted octanol–water partition coefficient (Wildman–Crippen LogP) is 2.17. The maximum Gasteiger partial charge on any atom is 0.307 e. The van der Waals surface area contributed by atoms with Crippen molar-refractivity contribution in [2.24, 2.45) is 0 Å². The lowest BCUT2D eigenvalue weighted by Gasteiger charge is -2.02. The fourth-order valence-electron chi connectivity index (χ4n) is 1.13. The topological polar surface area (TPSA) is 54.4 Å². The van der Waals surface area contributed by atoms with Crippen molar-refractivity contribution in [3.63, 3.8) is 0 Å². The average Bonchev–Trinajstić information content (AvgIpc) is 2.01. The number of carboxylic acid groups (broad SMARTS) is 1. The van der Waals surface area contributed by atoms with Gasteiger partial charge in [-0.2, -0.15) is 0 Å². The van der Waals surface area contributed by atoms with Gasteiger partial charge >= 0.3 is 5.97 Å². The number of aliphatic carboxylic acids is 1. The molecule has 0 radical (unpaired) electrons. The Labute approximate surface area is 86.3 Å². The molecule has 0 aliphatic carbocycles. The molecule has 3 nitrogen and oxygen atoms in total. The van der Waals surface area contributed by atoms with E-state index in [0.29, 0.717) is 16.1 Å². The third-order valence-electron chi connectivity index (χ3n) is 1.77. The zero-order valence-electron chi connectivity index (χ0n) is 7.58. The summed E-state index contributed by atoms with van der Waals surface area (Å²) in [5.74, 6) is -1.05. The van der Waals surface area contributed by atoms with Gasteiger partial charge in [0.15, 0.2) is 5.78 Å². The van der Waals surface area contributed by atoms with Gasteiger partial charge in [0.2, 0.25) is 0 Å². The van der Waals surface area contributed by atoms with Crippen LogP contribution in [-0.4, -0.2) is 16.9 Å². The molecule has 1 aromatic carbocycles. The highest BCUT2D eigenvalue weighted by Gasteiger charge is 2.07. The smallest absolute Gasteiger partial charge is 0.307 e. The van der Waals surface area contributed by atoms with Gasteiger partial charge in [-0.3, -0.25) is 9.59 Å². The van der Waals surface area contributed by atoms with Crippen LogP contribution < -0.4 is 0 Å². The first-order valence-corrected chi connectivity index (χ1v) is 4.39. The van der Waals surface area contributed by atoms with Gasteiger partial charge in [0, 0.05) is 5.56 Å². The highest BCUT2D eigenvalue weighted by molar-refractivity contribution is 6.33. The average molecular weight is 213 g/mol. The van der Waals surface area contributed by atoms with Gasteiger partial charge in [-0.15, -0.1) is 0 Å². The Morgan fingerprint density at radius 2 is 2.07 bits per heavy atom. The van der Waals surface area contributed by atoms with Crippen molar-refractivity contribution in [1.82, 2.24) is 0 Å². The second-order valence-electron chi connectivity index (χ2n) is 2.94. The SMILES string of the molecule is CC(=O)c1ccc(CC(=O)O)cc1Cl. The summed E-state index contributed by atoms with van der Waals surface area (Å²) in [4.78, 5) is 21.4. The molecular formula is C10H9ClO3. The van der Waals surface area contributed by atoms with Gasteiger partial charge in [0.25, 0.3) is 0 Å². The van der Waals surface area contributed by atoms with Gasteiger partial charge in [0.1, 0.15) is 0 Å². The van der Waals surface area contributed by atoms with Crippen LogP contribution in [-0.2, 0) is 11.2 Å². The molecule has 0 spiro atoms. The van der Waals surface area contributed by atoms with Crippen LogP contribution in [0.15, 0.2) is 18.2 Å². The van der Waals surface area contributed by atoms with Gasteiger partial charge in [-0.25, -0.2) is 0 Å². The van der Waals surface area contributed by atoms with Crippen LogP contribution in [0.25, 0.3) is 0 Å². The summed E-state index contributed by atoms with van der Waals surface area (Å²) in [6.45, 7) is 1.41. The number of benzene rings is 1. The number of hydrogen-bond acceptors (Lipinski definition) is 2. The summed E-state index contributed by atoms with van der Waals surface area (Å²) in [5, 5.41) is 8.83. The maximum absolute atomic E-state index is 11.0. The number of carbonyl (C=O) groups is 2. The van der Waals surface area contributed by atoms with E-state index >= 15 is 0 Å². The molecule has 0 saturated carbocycles. The molecule has 1 aromatic rings. The summed E-state index contributed by atoms with van der Waals surface area (Å²) >= 11 is 5.79. The number of rotatable bonds is 3. The second-order valence-corrected chi connectivity index (χ2v) is 3.35. The van der Waals surface area contributed by atoms with Crippen LogP contribution in [0, 0.1) is 0 Å². The lowest BCUT2D eigenvalue weighted by molar-refractivity contribution is -0.136. The molecule has 14 heavy (non-hydrogen) atoms. The minimum atomic E-state index is -0.920. The summed E-state index contributed by atoms with van der Waals surface area (Å²) in [6, 6.07) is 4.64. The van der Waals surface area contributed by atoms with Crippen LogP contribution in [0.4, 0.5) is 0 Å². The van der Waals surface area contributed by atoms with E-state index in [0.717, 1.165) is 0 Å². The quantitative estimate of drug-likeness (QED) is 0.782. The molecule has 0 aliphatic rings. The van der Waals surface area contributed by atoms with Crippen LogP contribution in [0.3, 0.4) is 0 Å². The summed E-state index contributed by atoms with van der Waals surface area (Å²) in [6.07, 6.45) is -0.0854. The molecule has 4 heteroatoms. The molecule has 0 amide bonds. The van der Waals surface area contributed by atoms with E-state index in [1.807, 2.05) is 0 Å². The van der Waals surface area contributed by atoms with Crippen molar-refractivity contribution in [3.05, 3.63) is 34.3 Å². The van der Waals surface area contributed by atoms with Gasteiger partial charge in [0.05, 0.1) is 11.4 Å². The molecule has 0 aromatic heterocycles. The van der Waals surface area contributed by atoms with E-state index in [1.54, 1.807) is 12.1 Å². The van der Waals surface area contributed by atoms with E-state index in [2.05, 4.69) is 0 Å². The van der Waals surface area contributed by atoms with Crippen LogP contribution in [0.1, 0.15) is 22.8 Å². The Hall–Kier alpha value is -1.35. The van der Waals surface area contributed by atoms with Crippen molar-refractivity contribution in [3.8, 4) is 0 Å². The fourth-order valence-corrected chi connectivity index (χ4v) is 1.46. The molecule has 0 atom stereocenters. The van der Waals surface area contributed by atoms with Gasteiger partial charge in [-0.1, -0.05) is 17.7 Å². The monoisotopic (exact) mass is 212 g/mol. The standard InChI is InChI=1S/C10H9ClO3/c1-6(12)8-3-2-7(4-9(8)11)5-10(13)14/h2-4H,5H2,1H3,(H,13,14). The lowest BCUT2D eigenvalue weighted by Crippen LogP contribution is -2.01. The number of halogens is 1. The van der Waals surface area contributed by atoms with Crippen molar-refractivity contribution < 1.29 is 14.7 Å². The predicted molar refractivity (Wildman–Crippen MR) is 52.8 cm³/mol. The van der Waals surface area contributed by atoms with E-state index in [1.165, 1.54) is 13.0 Å². The number of hydrogen-bond donors (Lipinski definition) is 1. The van der Waals surface area contributed by atoms with Crippen molar-refractivity contribution in [2.75, 3.05) is 0 Å². The fraction of sp³-hybridized carbons (Fsp3) is 0.200. The van der Waals surface area contributed by atoms with E-state index in [4.69, 9.17) is 16.7 Å². The van der Waals surface area contributed by atoms with Crippen LogP contribution in [0.2, 0.25) is 5.02 Å². The van der Waals surface area contributed by atoms with Crippen molar-refractivity contribution >= 4 is 23.4 Å². The molecule has 74 valence electrons. The molecule has 0 saturated heterocycles. The van der Waals surface area contributed by atoms with E-state index in [9.17, 15) is 9.59 Å². The first-order chi connectivity index (χ1) is 6.50. The van der Waals surface area contributed by atoms with Crippen LogP contribution >= 0.6 is 11.6 Å². The molecule has 1 rings (SSSR count). The molecule has 0 bridgehead atoms. The Kier molecular flexibility index (Phi) is 3.25. The van der Waals surface area contributed by atoms with Gasteiger partial charge in [-0.05, 0) is 24.6 Å². The number of Topliss-reactive ketones (excluding diaryl/α,β-unsaturated/α-hetero) is 1. The number of carbonyl (C=O) groups excluding carboxylic acids is 1. The third kappa shape index (κ3) is 2.57. The number of carboxylic acids is 1. The third-order valence-corrected chi connectivity index (χ3v) is 2.08. The Morgan fingerprint density at radius 1 is 1.43 bits per heavy atom. The van der Waals surface area contributed by atoms with E-state index < -0.39 is 5.97 Å². The Balaban J connectivity index is 3.00. The second kappa shape index (κ2) is 4.24. The zero-order valence-corrected chi connectivity index (χ0v) is 8.34. The van der Waals surface area contributed by atoms with Crippen LogP contribution in [0.5, 0.6) is 0 Å². The summed E-state index contributed by atoms with van der Waals surface area (Å²) < 4.78 is 0. The highest BCUT2D eigenvalue weighted by atomic mass is 35.5. The molecule has 0 heterocycles. The zero-order chi connectivity index (χ0) is 10.7. The van der Waals surface area contributed by atoms with Crippen molar-refractivity contribution in [1.29, 1.82) is 0 Å². The molecule has 0 aliphatic heterocycles. The summed E-state index contributed by atoms with van der Waals surface area (Å²) in [7, 11) is 0. The normalized spacial score (nSPS) is 9.86. The van der Waals surface area contributed by atoms with Crippen molar-refractivity contribution in [2.45, 2.75) is 13.3 Å². The molecule has 0 fully saturated rings. The molecule has 1 N–H and O–H groups in total. The minimum absolute atomic E-state index is 0.0854. The largest absolute Gasteiger partial charge is 0.481 e. The van der Waals surface area contributed by atoms with E-state index in [-0.39, 0.29) is 12.2 Å². The Morgan fingerprint density at radius 3 is 2.50 bits per heavy atom. The summed E-state index contributed by atoms with van der Waals surface area (Å²) in [5.41, 5.74) is 1.01. The minimum Gasteiger partial charge on any atom is -0.481 e. The lowest BCUT2D eigenvalue weighted by atomic mass is 10.1. The highest BCUT2D eigenvalue weighted by Crippen LogP contribution is 2.18. The van der Waals surface area contributed by atoms with Gasteiger partial charge < -0.3 is 5.11 Å². The molecular weight excluding hydrogens is 204 g/mol. The first kappa shape index (κ1) is 10.7. The number of ketones is 1. The first-order valence-electron chi connectivity index (χ1n) is 4.02. The Bertz CT molecular complexity index is 385. The maximum atomic E-state index is 11.0.